The molecule has 2 aromatic heterocycles. The van der Waals surface area contributed by atoms with Crippen LogP contribution in [-0.2, 0) is 17.8 Å². The van der Waals surface area contributed by atoms with Crippen LogP contribution in [0.1, 0.15) is 37.4 Å². The molecule has 0 spiro atoms. The second kappa shape index (κ2) is 13.2. The molecule has 3 aromatic rings. The van der Waals surface area contributed by atoms with Gasteiger partial charge in [0, 0.05) is 61.3 Å². The summed E-state index contributed by atoms with van der Waals surface area (Å²) in [5.41, 5.74) is 2.80. The summed E-state index contributed by atoms with van der Waals surface area (Å²) in [4.78, 5) is 38.6. The largest absolute Gasteiger partial charge is 0.459 e. The van der Waals surface area contributed by atoms with E-state index < -0.39 is 17.8 Å². The number of carbonyl (C=O) groups is 1. The summed E-state index contributed by atoms with van der Waals surface area (Å²) in [6.45, 7) is 15.8. The highest BCUT2D eigenvalue weighted by molar-refractivity contribution is 6.36. The first-order chi connectivity index (χ1) is 21.7. The molecule has 1 aliphatic carbocycles. The van der Waals surface area contributed by atoms with Crippen molar-refractivity contribution in [2.75, 3.05) is 56.1 Å². The fourth-order valence-electron chi connectivity index (χ4n) is 6.65. The zero-order chi connectivity index (χ0) is 31.7. The molecule has 2 aliphatic heterocycles. The van der Waals surface area contributed by atoms with E-state index in [0.29, 0.717) is 49.7 Å². The summed E-state index contributed by atoms with van der Waals surface area (Å²) in [5.74, 6) is -1.04. The molecule has 0 N–H and O–H groups in total. The Labute approximate surface area is 268 Å². The van der Waals surface area contributed by atoms with Crippen LogP contribution in [0, 0.1) is 6.57 Å². The van der Waals surface area contributed by atoms with E-state index in [1.54, 1.807) is 0 Å². The number of hydrogen-bond donors (Lipinski definition) is 0. The maximum atomic E-state index is 13.8. The smallest absolute Gasteiger partial charge is 0.318 e. The fraction of sp³-hybridized carbons (Fsp3) is 0.485. The molecule has 45 heavy (non-hydrogen) atoms. The van der Waals surface area contributed by atoms with E-state index in [1.165, 1.54) is 24.2 Å². The molecule has 1 amide bonds. The van der Waals surface area contributed by atoms with Crippen molar-refractivity contribution in [1.82, 2.24) is 24.8 Å². The Kier molecular flexibility index (Phi) is 9.06. The normalized spacial score (nSPS) is 19.2. The highest BCUT2D eigenvalue weighted by Crippen LogP contribution is 2.37. The van der Waals surface area contributed by atoms with Gasteiger partial charge in [0.25, 0.3) is 5.91 Å². The fourth-order valence-corrected chi connectivity index (χ4v) is 6.93. The Morgan fingerprint density at radius 1 is 1.24 bits per heavy atom. The highest BCUT2D eigenvalue weighted by atomic mass is 35.5. The molecule has 6 rings (SSSR count). The number of benzene rings is 1. The van der Waals surface area contributed by atoms with Crippen LogP contribution in [0.5, 0.6) is 6.01 Å². The minimum Gasteiger partial charge on any atom is -0.459 e. The third-order valence-electron chi connectivity index (χ3n) is 9.20. The number of piperazine rings is 1. The van der Waals surface area contributed by atoms with Gasteiger partial charge < -0.3 is 24.3 Å². The lowest BCUT2D eigenvalue weighted by Gasteiger charge is -2.41. The third-order valence-corrected chi connectivity index (χ3v) is 9.52. The van der Waals surface area contributed by atoms with Crippen LogP contribution >= 0.6 is 11.6 Å². The van der Waals surface area contributed by atoms with Crippen LogP contribution in [0.15, 0.2) is 43.0 Å². The average Bonchev–Trinajstić information content (AvgIpc) is 2.99. The van der Waals surface area contributed by atoms with Crippen molar-refractivity contribution in [3.8, 4) is 6.01 Å². The first-order valence-corrected chi connectivity index (χ1v) is 15.9. The Hall–Kier alpha value is -4.01. The van der Waals surface area contributed by atoms with E-state index in [2.05, 4.69) is 38.2 Å². The lowest BCUT2D eigenvalue weighted by atomic mass is 9.92. The number of anilines is 2. The highest BCUT2D eigenvalue weighted by Gasteiger charge is 2.36. The van der Waals surface area contributed by atoms with Crippen molar-refractivity contribution >= 4 is 39.8 Å². The molecule has 10 nitrogen and oxygen atoms in total. The van der Waals surface area contributed by atoms with Gasteiger partial charge in [-0.25, -0.2) is 11.0 Å². The molecule has 0 radical (unpaired) electrons. The summed E-state index contributed by atoms with van der Waals surface area (Å²) in [7, 11) is 2.13. The Balaban J connectivity index is 1.33. The topological polar surface area (TPSA) is 82.3 Å². The molecular weight excluding hydrogens is 595 g/mol. The van der Waals surface area contributed by atoms with Crippen molar-refractivity contribution in [2.24, 2.45) is 0 Å². The third kappa shape index (κ3) is 6.40. The molecule has 236 valence electrons. The Morgan fingerprint density at radius 3 is 2.80 bits per heavy atom. The van der Waals surface area contributed by atoms with Crippen LogP contribution < -0.4 is 14.5 Å². The van der Waals surface area contributed by atoms with Gasteiger partial charge in [-0.15, -0.1) is 0 Å². The zero-order valence-corrected chi connectivity index (χ0v) is 26.5. The van der Waals surface area contributed by atoms with E-state index in [4.69, 9.17) is 32.9 Å². The van der Waals surface area contributed by atoms with E-state index in [1.807, 2.05) is 37.5 Å². The van der Waals surface area contributed by atoms with Crippen molar-refractivity contribution < 1.29 is 13.9 Å². The number of rotatable bonds is 9. The quantitative estimate of drug-likeness (QED) is 0.243. The summed E-state index contributed by atoms with van der Waals surface area (Å²) in [5, 5.41) is 2.59. The first-order valence-electron chi connectivity index (χ1n) is 15.5. The van der Waals surface area contributed by atoms with Gasteiger partial charge in [-0.1, -0.05) is 36.7 Å². The number of fused-ring (bicyclic) bond motifs is 2. The maximum Gasteiger partial charge on any atom is 0.318 e. The van der Waals surface area contributed by atoms with Crippen LogP contribution in [0.2, 0.25) is 5.02 Å². The predicted octanol–water partition coefficient (Wildman–Crippen LogP) is 4.91. The molecule has 12 heteroatoms. The minimum absolute atomic E-state index is 0.0549. The monoisotopic (exact) mass is 632 g/mol. The molecule has 1 aromatic carbocycles. The van der Waals surface area contributed by atoms with Crippen molar-refractivity contribution in [2.45, 2.75) is 57.3 Å². The van der Waals surface area contributed by atoms with Gasteiger partial charge in [-0.3, -0.25) is 14.7 Å². The molecule has 0 bridgehead atoms. The van der Waals surface area contributed by atoms with Crippen molar-refractivity contribution in [1.29, 1.82) is 0 Å². The Morgan fingerprint density at radius 2 is 2.07 bits per heavy atom. The van der Waals surface area contributed by atoms with Crippen LogP contribution in [0.3, 0.4) is 0 Å². The van der Waals surface area contributed by atoms with Gasteiger partial charge in [-0.2, -0.15) is 9.97 Å². The van der Waals surface area contributed by atoms with Crippen molar-refractivity contribution in [3.05, 3.63) is 70.7 Å². The van der Waals surface area contributed by atoms with Crippen molar-refractivity contribution in [3.63, 3.8) is 0 Å². The average molecular weight is 633 g/mol. The molecule has 2 atom stereocenters. The SMILES string of the molecule is [C-]#[N+]C[C@H]1CN(c2nc(O[C@@H](C)CN(C)C3CCC3)nc3c2CCN(c2cncc4cccc(Cl)c24)C3)CCN1C(=O)C(=C)F. The molecule has 2 fully saturated rings. The van der Waals surface area contributed by atoms with Gasteiger partial charge in [0.2, 0.25) is 6.54 Å². The summed E-state index contributed by atoms with van der Waals surface area (Å²) >= 11 is 6.67. The lowest BCUT2D eigenvalue weighted by molar-refractivity contribution is -0.131. The number of carbonyl (C=O) groups excluding carboxylic acids is 1. The molecule has 1 saturated carbocycles. The standard InChI is InChI=1S/C33H38ClFN8O2/c1-21(18-40(4)24-8-6-9-24)45-33-38-28-20-41(29-17-37-15-23-7-5-10-27(34)30(23)29)12-11-26(28)31(39-33)42-13-14-43(32(44)22(2)35)25(19-42)16-36-3/h5,7,10,15,17,21,24-25H,2,6,8-9,11-14,16,18-20H2,1,4H3/t21-,25-/m0/s1. The van der Waals surface area contributed by atoms with Gasteiger partial charge in [0.15, 0.2) is 5.83 Å². The zero-order valence-electron chi connectivity index (χ0n) is 25.8. The molecule has 3 aliphatic rings. The van der Waals surface area contributed by atoms with Crippen LogP contribution in [0.25, 0.3) is 15.6 Å². The molecule has 0 unspecified atom stereocenters. The summed E-state index contributed by atoms with van der Waals surface area (Å²) in [6, 6.07) is 6.21. The number of likely N-dealkylation sites (N-methyl/N-ethyl adjacent to an activating group) is 1. The summed E-state index contributed by atoms with van der Waals surface area (Å²) < 4.78 is 20.2. The predicted molar refractivity (Wildman–Crippen MR) is 173 cm³/mol. The molecule has 4 heterocycles. The minimum atomic E-state index is -1.02. The van der Waals surface area contributed by atoms with Crippen LogP contribution in [-0.4, -0.2) is 95.2 Å². The van der Waals surface area contributed by atoms with Gasteiger partial charge in [-0.05, 0) is 39.3 Å². The number of ether oxygens (including phenoxy) is 1. The number of halogens is 2. The lowest BCUT2D eigenvalue weighted by Crippen LogP contribution is -2.57. The van der Waals surface area contributed by atoms with E-state index in [0.717, 1.165) is 40.1 Å². The maximum absolute atomic E-state index is 13.8. The second-order valence-corrected chi connectivity index (χ2v) is 12.6. The summed E-state index contributed by atoms with van der Waals surface area (Å²) in [6.07, 6.45) is 7.88. The number of nitrogens with zero attached hydrogens (tertiary/aromatic N) is 8. The van der Waals surface area contributed by atoms with Gasteiger partial charge >= 0.3 is 6.01 Å². The molecule has 1 saturated heterocycles. The van der Waals surface area contributed by atoms with Gasteiger partial charge in [0.1, 0.15) is 18.0 Å². The second-order valence-electron chi connectivity index (χ2n) is 12.2. The van der Waals surface area contributed by atoms with E-state index >= 15 is 0 Å². The number of amides is 1. The molecular formula is C33H38ClFN8O2. The van der Waals surface area contributed by atoms with E-state index in [-0.39, 0.29) is 19.2 Å². The number of hydrogen-bond acceptors (Lipinski definition) is 8. The Bertz CT molecular complexity index is 1640. The number of aromatic nitrogens is 3. The first kappa shape index (κ1) is 31.0. The number of pyridine rings is 1. The van der Waals surface area contributed by atoms with Gasteiger partial charge in [0.05, 0.1) is 29.1 Å². The van der Waals surface area contributed by atoms with E-state index in [9.17, 15) is 9.18 Å². The van der Waals surface area contributed by atoms with Crippen LogP contribution in [0.4, 0.5) is 15.9 Å².